The van der Waals surface area contributed by atoms with E-state index in [2.05, 4.69) is 20.8 Å². The van der Waals surface area contributed by atoms with Crippen LogP contribution in [0.1, 0.15) is 53.9 Å². The molecule has 1 rings (SSSR count). The summed E-state index contributed by atoms with van der Waals surface area (Å²) in [6, 6.07) is 0.349. The summed E-state index contributed by atoms with van der Waals surface area (Å²) in [5.41, 5.74) is 12.4. The predicted octanol–water partition coefficient (Wildman–Crippen LogP) is 2.33. The molecule has 3 nitrogen and oxygen atoms in total. The lowest BCUT2D eigenvalue weighted by Crippen LogP contribution is -2.45. The fraction of sp³-hybridized carbons (Fsp3) is 0.929. The van der Waals surface area contributed by atoms with Gasteiger partial charge >= 0.3 is 0 Å². The van der Waals surface area contributed by atoms with Crippen LogP contribution in [-0.2, 0) is 4.79 Å². The molecule has 2 atom stereocenters. The van der Waals surface area contributed by atoms with Crippen LogP contribution in [0.2, 0.25) is 0 Å². The molecule has 3 heteroatoms. The van der Waals surface area contributed by atoms with Crippen molar-refractivity contribution in [3.8, 4) is 0 Å². The van der Waals surface area contributed by atoms with Crippen LogP contribution in [0.5, 0.6) is 0 Å². The van der Waals surface area contributed by atoms with E-state index >= 15 is 0 Å². The van der Waals surface area contributed by atoms with Gasteiger partial charge in [0, 0.05) is 12.0 Å². The molecule has 0 amide bonds. The smallest absolute Gasteiger partial charge is 0.122 e. The number of aldehydes is 1. The van der Waals surface area contributed by atoms with Gasteiger partial charge in [-0.15, -0.1) is 0 Å². The van der Waals surface area contributed by atoms with E-state index in [9.17, 15) is 4.79 Å². The van der Waals surface area contributed by atoms with Crippen LogP contribution in [0.3, 0.4) is 0 Å². The highest BCUT2D eigenvalue weighted by molar-refractivity contribution is 5.51. The number of hydrogen-bond donors (Lipinski definition) is 2. The molecule has 1 aliphatic carbocycles. The first-order chi connectivity index (χ1) is 7.64. The number of rotatable bonds is 2. The quantitative estimate of drug-likeness (QED) is 0.730. The third-order valence-electron chi connectivity index (χ3n) is 3.24. The van der Waals surface area contributed by atoms with E-state index in [1.807, 2.05) is 13.8 Å². The third kappa shape index (κ3) is 6.79. The van der Waals surface area contributed by atoms with Crippen molar-refractivity contribution >= 4 is 6.29 Å². The molecule has 2 unspecified atom stereocenters. The number of carbonyl (C=O) groups is 1. The minimum absolute atomic E-state index is 0.204. The molecule has 0 bridgehead atoms. The SMILES string of the molecule is CC(C)C=O.CC1(C)CC(N)CC(C)(CN)C1. The van der Waals surface area contributed by atoms with Gasteiger partial charge in [0.15, 0.2) is 0 Å². The predicted molar refractivity (Wildman–Crippen MR) is 73.7 cm³/mol. The maximum absolute atomic E-state index is 9.50. The zero-order valence-electron chi connectivity index (χ0n) is 12.1. The highest BCUT2D eigenvalue weighted by Crippen LogP contribution is 2.44. The molecule has 102 valence electrons. The molecule has 1 saturated carbocycles. The van der Waals surface area contributed by atoms with E-state index in [0.29, 0.717) is 11.5 Å². The number of carbonyl (C=O) groups excluding carboxylic acids is 1. The molecule has 4 N–H and O–H groups in total. The van der Waals surface area contributed by atoms with Crippen molar-refractivity contribution in [1.82, 2.24) is 0 Å². The van der Waals surface area contributed by atoms with Gasteiger partial charge in [0.1, 0.15) is 6.29 Å². The van der Waals surface area contributed by atoms with Gasteiger partial charge in [-0.3, -0.25) is 0 Å². The van der Waals surface area contributed by atoms with Crippen LogP contribution in [0.4, 0.5) is 0 Å². The van der Waals surface area contributed by atoms with Crippen LogP contribution < -0.4 is 11.5 Å². The van der Waals surface area contributed by atoms with Crippen molar-refractivity contribution in [2.24, 2.45) is 28.2 Å². The Kier molecular flexibility index (Phi) is 6.35. The van der Waals surface area contributed by atoms with Crippen molar-refractivity contribution in [1.29, 1.82) is 0 Å². The van der Waals surface area contributed by atoms with Gasteiger partial charge in [0.2, 0.25) is 0 Å². The van der Waals surface area contributed by atoms with E-state index in [1.54, 1.807) is 0 Å². The molecule has 0 aliphatic heterocycles. The molecule has 1 fully saturated rings. The minimum Gasteiger partial charge on any atom is -0.330 e. The molecule has 0 aromatic heterocycles. The average molecular weight is 242 g/mol. The van der Waals surface area contributed by atoms with Gasteiger partial charge in [-0.2, -0.15) is 0 Å². The third-order valence-corrected chi connectivity index (χ3v) is 3.24. The Morgan fingerprint density at radius 3 is 2.06 bits per heavy atom. The van der Waals surface area contributed by atoms with Crippen molar-refractivity contribution < 1.29 is 4.79 Å². The van der Waals surface area contributed by atoms with Gasteiger partial charge in [0.05, 0.1) is 0 Å². The van der Waals surface area contributed by atoms with E-state index in [4.69, 9.17) is 11.5 Å². The molecule has 17 heavy (non-hydrogen) atoms. The normalized spacial score (nSPS) is 31.6. The molecule has 0 spiro atoms. The highest BCUT2D eigenvalue weighted by Gasteiger charge is 2.38. The van der Waals surface area contributed by atoms with Gasteiger partial charge in [-0.05, 0) is 36.6 Å². The van der Waals surface area contributed by atoms with Crippen molar-refractivity contribution in [2.45, 2.75) is 59.9 Å². The first-order valence-electron chi connectivity index (χ1n) is 6.55. The van der Waals surface area contributed by atoms with Crippen LogP contribution in [0.15, 0.2) is 0 Å². The van der Waals surface area contributed by atoms with E-state index in [-0.39, 0.29) is 11.3 Å². The second-order valence-corrected chi connectivity index (χ2v) is 6.90. The van der Waals surface area contributed by atoms with E-state index < -0.39 is 0 Å². The van der Waals surface area contributed by atoms with Crippen molar-refractivity contribution in [3.05, 3.63) is 0 Å². The summed E-state index contributed by atoms with van der Waals surface area (Å²) in [7, 11) is 0. The van der Waals surface area contributed by atoms with Crippen molar-refractivity contribution in [3.63, 3.8) is 0 Å². The molecule has 0 aromatic rings. The largest absolute Gasteiger partial charge is 0.330 e. The molecule has 0 aromatic carbocycles. The van der Waals surface area contributed by atoms with Crippen molar-refractivity contribution in [2.75, 3.05) is 6.54 Å². The monoisotopic (exact) mass is 242 g/mol. The van der Waals surface area contributed by atoms with Crippen LogP contribution in [-0.4, -0.2) is 18.9 Å². The Morgan fingerprint density at radius 2 is 1.76 bits per heavy atom. The maximum Gasteiger partial charge on any atom is 0.122 e. The summed E-state index contributed by atoms with van der Waals surface area (Å²) in [5.74, 6) is 0.204. The standard InChI is InChI=1S/C10H22N2.C4H8O/c1-9(2)4-8(12)5-10(3,6-9)7-11;1-4(2)3-5/h8H,4-7,11-12H2,1-3H3;3-4H,1-2H3. The lowest BCUT2D eigenvalue weighted by molar-refractivity contribution is -0.110. The van der Waals surface area contributed by atoms with Crippen LogP contribution in [0, 0.1) is 16.7 Å². The zero-order valence-corrected chi connectivity index (χ0v) is 12.1. The summed E-state index contributed by atoms with van der Waals surface area (Å²) in [4.78, 5) is 9.50. The summed E-state index contributed by atoms with van der Waals surface area (Å²) in [5, 5.41) is 0. The molecule has 0 saturated heterocycles. The minimum atomic E-state index is 0.204. The Bertz CT molecular complexity index is 238. The second kappa shape index (κ2) is 6.50. The van der Waals surface area contributed by atoms with Gasteiger partial charge in [0.25, 0.3) is 0 Å². The van der Waals surface area contributed by atoms with E-state index in [0.717, 1.165) is 25.7 Å². The lowest BCUT2D eigenvalue weighted by Gasteiger charge is -2.45. The second-order valence-electron chi connectivity index (χ2n) is 6.90. The Hall–Kier alpha value is -0.410. The first-order valence-corrected chi connectivity index (χ1v) is 6.55. The molecule has 0 radical (unpaired) electrons. The lowest BCUT2D eigenvalue weighted by atomic mass is 9.63. The summed E-state index contributed by atoms with van der Waals surface area (Å²) in [6.45, 7) is 11.3. The molecule has 0 heterocycles. The highest BCUT2D eigenvalue weighted by atomic mass is 16.1. The molecular weight excluding hydrogens is 212 g/mol. The fourth-order valence-corrected chi connectivity index (χ4v) is 2.87. The number of hydrogen-bond acceptors (Lipinski definition) is 3. The molecular formula is C14H30N2O. The van der Waals surface area contributed by atoms with Crippen LogP contribution in [0.25, 0.3) is 0 Å². The average Bonchev–Trinajstić information content (AvgIpc) is 2.15. The molecule has 1 aliphatic rings. The Morgan fingerprint density at radius 1 is 1.29 bits per heavy atom. The van der Waals surface area contributed by atoms with Gasteiger partial charge in [-0.25, -0.2) is 0 Å². The fourth-order valence-electron chi connectivity index (χ4n) is 2.87. The first kappa shape index (κ1) is 16.6. The summed E-state index contributed by atoms with van der Waals surface area (Å²) < 4.78 is 0. The zero-order chi connectivity index (χ0) is 13.7. The van der Waals surface area contributed by atoms with Crippen LogP contribution >= 0.6 is 0 Å². The Labute approximate surface area is 106 Å². The Balaban J connectivity index is 0.000000437. The topological polar surface area (TPSA) is 69.1 Å². The van der Waals surface area contributed by atoms with Gasteiger partial charge < -0.3 is 16.3 Å². The van der Waals surface area contributed by atoms with E-state index in [1.165, 1.54) is 6.42 Å². The summed E-state index contributed by atoms with van der Waals surface area (Å²) in [6.07, 6.45) is 4.36. The van der Waals surface area contributed by atoms with Gasteiger partial charge in [-0.1, -0.05) is 34.6 Å². The maximum atomic E-state index is 9.50. The number of nitrogens with two attached hydrogens (primary N) is 2. The summed E-state index contributed by atoms with van der Waals surface area (Å²) >= 11 is 0.